The van der Waals surface area contributed by atoms with E-state index in [4.69, 9.17) is 10.5 Å². The lowest BCUT2D eigenvalue weighted by molar-refractivity contribution is -0.121. The van der Waals surface area contributed by atoms with E-state index < -0.39 is 0 Å². The molecule has 0 aromatic rings. The van der Waals surface area contributed by atoms with Crippen molar-refractivity contribution in [1.29, 1.82) is 0 Å². The van der Waals surface area contributed by atoms with Gasteiger partial charge in [0.2, 0.25) is 5.91 Å². The fraction of sp³-hybridized carbons (Fsp3) is 0.889. The predicted octanol–water partition coefficient (Wildman–Crippen LogP) is 4.12. The zero-order chi connectivity index (χ0) is 22.7. The Morgan fingerprint density at radius 1 is 1.25 bits per heavy atom. The minimum Gasteiger partial charge on any atom is -0.356 e. The highest BCUT2D eigenvalue weighted by atomic mass is 16.5. The molecule has 2 heterocycles. The highest BCUT2D eigenvalue weighted by Gasteiger charge is 2.57. The van der Waals surface area contributed by atoms with Crippen molar-refractivity contribution in [2.45, 2.75) is 103 Å². The maximum Gasteiger partial charge on any atom is 0.220 e. The smallest absolute Gasteiger partial charge is 0.220 e. The Morgan fingerprint density at radius 2 is 2.06 bits per heavy atom. The van der Waals surface area contributed by atoms with E-state index in [9.17, 15) is 4.79 Å². The lowest BCUT2D eigenvalue weighted by Crippen LogP contribution is -2.45. The van der Waals surface area contributed by atoms with Crippen LogP contribution in [0.2, 0.25) is 0 Å². The van der Waals surface area contributed by atoms with Crippen molar-refractivity contribution < 1.29 is 9.53 Å². The molecule has 2 saturated carbocycles. The van der Waals surface area contributed by atoms with Crippen molar-refractivity contribution in [3.63, 3.8) is 0 Å². The highest BCUT2D eigenvalue weighted by Crippen LogP contribution is 2.63. The third-order valence-corrected chi connectivity index (χ3v) is 10.6. The Kier molecular flexibility index (Phi) is 5.99. The van der Waals surface area contributed by atoms with E-state index in [1.54, 1.807) is 11.1 Å². The lowest BCUT2D eigenvalue weighted by atomic mass is 9.56. The minimum absolute atomic E-state index is 0.0599. The number of hydrogen-bond donors (Lipinski definition) is 3. The standard InChI is InChI=1S/C27H45N3O2/c1-16(14-28)11-25-30-18(3)27(32-25)10-7-20-21-6-5-19-15-29-24(31)8-9-26(19,4)23(21)12-22(20)17(2)13-27/h16,18-21,23,25,30H,5-15,28H2,1-4H3,(H,29,31)/t16?,18-,19?,20?,21?,23?,25?,26?,27?/m0/s1. The number of rotatable bonds is 3. The Balaban J connectivity index is 1.37. The van der Waals surface area contributed by atoms with E-state index in [1.165, 1.54) is 25.7 Å². The zero-order valence-electron chi connectivity index (χ0n) is 20.7. The van der Waals surface area contributed by atoms with E-state index in [2.05, 4.69) is 38.3 Å². The summed E-state index contributed by atoms with van der Waals surface area (Å²) in [5, 5.41) is 6.97. The molecule has 4 fully saturated rings. The molecule has 1 amide bonds. The third kappa shape index (κ3) is 3.67. The van der Waals surface area contributed by atoms with Crippen LogP contribution in [0.15, 0.2) is 11.1 Å². The van der Waals surface area contributed by atoms with E-state index in [-0.39, 0.29) is 17.7 Å². The molecule has 9 atom stereocenters. The van der Waals surface area contributed by atoms with Crippen LogP contribution in [-0.4, -0.2) is 36.9 Å². The number of fused-ring (bicyclic) bond motifs is 5. The topological polar surface area (TPSA) is 76.4 Å². The van der Waals surface area contributed by atoms with E-state index >= 15 is 0 Å². The van der Waals surface area contributed by atoms with Crippen molar-refractivity contribution in [2.75, 3.05) is 13.1 Å². The Morgan fingerprint density at radius 3 is 2.84 bits per heavy atom. The number of hydrogen-bond acceptors (Lipinski definition) is 4. The van der Waals surface area contributed by atoms with Gasteiger partial charge in [-0.3, -0.25) is 10.1 Å². The van der Waals surface area contributed by atoms with Crippen molar-refractivity contribution >= 4 is 5.91 Å². The monoisotopic (exact) mass is 443 g/mol. The first-order chi connectivity index (χ1) is 15.3. The molecule has 8 unspecified atom stereocenters. The number of carbonyl (C=O) groups excluding carboxylic acids is 1. The molecule has 1 spiro atoms. The maximum atomic E-state index is 12.1. The van der Waals surface area contributed by atoms with E-state index in [0.29, 0.717) is 29.7 Å². The van der Waals surface area contributed by atoms with Gasteiger partial charge in [0, 0.05) is 19.0 Å². The van der Waals surface area contributed by atoms with Gasteiger partial charge in [0.1, 0.15) is 6.23 Å². The van der Waals surface area contributed by atoms with Gasteiger partial charge in [-0.2, -0.15) is 0 Å². The quantitative estimate of drug-likeness (QED) is 0.574. The summed E-state index contributed by atoms with van der Waals surface area (Å²) in [7, 11) is 0. The highest BCUT2D eigenvalue weighted by molar-refractivity contribution is 5.76. The van der Waals surface area contributed by atoms with Crippen molar-refractivity contribution in [3.05, 3.63) is 11.1 Å². The van der Waals surface area contributed by atoms with Gasteiger partial charge >= 0.3 is 0 Å². The summed E-state index contributed by atoms with van der Waals surface area (Å²) in [5.74, 6) is 3.66. The van der Waals surface area contributed by atoms with Gasteiger partial charge in [0.15, 0.2) is 0 Å². The van der Waals surface area contributed by atoms with Crippen LogP contribution in [0.5, 0.6) is 0 Å². The molecule has 5 rings (SSSR count). The molecule has 0 bridgehead atoms. The number of amides is 1. The van der Waals surface area contributed by atoms with Crippen LogP contribution in [0.4, 0.5) is 0 Å². The molecule has 2 aliphatic heterocycles. The molecule has 32 heavy (non-hydrogen) atoms. The average Bonchev–Trinajstić information content (AvgIpc) is 3.18. The van der Waals surface area contributed by atoms with Gasteiger partial charge in [-0.05, 0) is 107 Å². The number of allylic oxidation sites excluding steroid dienone is 1. The number of ether oxygens (including phenoxy) is 1. The minimum atomic E-state index is -0.0599. The van der Waals surface area contributed by atoms with Crippen molar-refractivity contribution in [1.82, 2.24) is 10.6 Å². The average molecular weight is 444 g/mol. The Hall–Kier alpha value is -0.910. The molecule has 0 aromatic carbocycles. The van der Waals surface area contributed by atoms with Crippen LogP contribution < -0.4 is 16.4 Å². The SMILES string of the molecule is CC1=C2CC3C(CCC4CNC(=O)CCC43C)C2CCC2(C1)OC(CC(C)CN)N[C@H]2C. The Labute approximate surface area is 194 Å². The molecule has 5 nitrogen and oxygen atoms in total. The summed E-state index contributed by atoms with van der Waals surface area (Å²) in [6.45, 7) is 11.1. The normalized spacial score (nSPS) is 47.3. The molecule has 180 valence electrons. The zero-order valence-corrected chi connectivity index (χ0v) is 20.7. The van der Waals surface area contributed by atoms with E-state index in [1.807, 2.05) is 0 Å². The number of carbonyl (C=O) groups is 1. The second kappa shape index (κ2) is 8.39. The first kappa shape index (κ1) is 22.9. The van der Waals surface area contributed by atoms with Crippen LogP contribution in [0, 0.1) is 35.0 Å². The van der Waals surface area contributed by atoms with Crippen LogP contribution in [0.3, 0.4) is 0 Å². The molecule has 0 aromatic heterocycles. The summed E-state index contributed by atoms with van der Waals surface area (Å²) in [5.41, 5.74) is 9.50. The molecule has 0 radical (unpaired) electrons. The summed E-state index contributed by atoms with van der Waals surface area (Å²) >= 11 is 0. The van der Waals surface area contributed by atoms with Crippen molar-refractivity contribution in [3.8, 4) is 0 Å². The Bertz CT molecular complexity index is 781. The number of nitrogens with two attached hydrogens (primary N) is 1. The van der Waals surface area contributed by atoms with Gasteiger partial charge in [0.05, 0.1) is 5.60 Å². The maximum absolute atomic E-state index is 12.1. The van der Waals surface area contributed by atoms with Crippen LogP contribution >= 0.6 is 0 Å². The fourth-order valence-electron chi connectivity index (χ4n) is 8.49. The largest absolute Gasteiger partial charge is 0.356 e. The van der Waals surface area contributed by atoms with Crippen LogP contribution in [0.1, 0.15) is 85.5 Å². The van der Waals surface area contributed by atoms with Crippen LogP contribution in [-0.2, 0) is 9.53 Å². The van der Waals surface area contributed by atoms with Crippen molar-refractivity contribution in [2.24, 2.45) is 40.7 Å². The van der Waals surface area contributed by atoms with Gasteiger partial charge in [0.25, 0.3) is 0 Å². The van der Waals surface area contributed by atoms with Gasteiger partial charge in [-0.1, -0.05) is 25.0 Å². The molecular formula is C27H45N3O2. The first-order valence-electron chi connectivity index (χ1n) is 13.3. The second-order valence-electron chi connectivity index (χ2n) is 12.3. The van der Waals surface area contributed by atoms with Gasteiger partial charge in [-0.25, -0.2) is 0 Å². The molecule has 2 saturated heterocycles. The first-order valence-corrected chi connectivity index (χ1v) is 13.3. The van der Waals surface area contributed by atoms with Crippen LogP contribution in [0.25, 0.3) is 0 Å². The second-order valence-corrected chi connectivity index (χ2v) is 12.3. The van der Waals surface area contributed by atoms with E-state index in [0.717, 1.165) is 56.5 Å². The summed E-state index contributed by atoms with van der Waals surface area (Å²) in [6, 6.07) is 0.384. The van der Waals surface area contributed by atoms with Gasteiger partial charge in [-0.15, -0.1) is 0 Å². The molecule has 3 aliphatic carbocycles. The third-order valence-electron chi connectivity index (χ3n) is 10.6. The molecule has 4 N–H and O–H groups in total. The molecule has 5 aliphatic rings. The summed E-state index contributed by atoms with van der Waals surface area (Å²) in [4.78, 5) is 12.1. The summed E-state index contributed by atoms with van der Waals surface area (Å²) < 4.78 is 6.81. The fourth-order valence-corrected chi connectivity index (χ4v) is 8.49. The summed E-state index contributed by atoms with van der Waals surface area (Å²) in [6.07, 6.45) is 10.3. The number of nitrogens with one attached hydrogen (secondary N) is 2. The predicted molar refractivity (Wildman–Crippen MR) is 128 cm³/mol. The molecular weight excluding hydrogens is 398 g/mol. The van der Waals surface area contributed by atoms with Gasteiger partial charge < -0.3 is 15.8 Å². The molecule has 5 heteroatoms. The lowest BCUT2D eigenvalue weighted by Gasteiger charge is -2.49.